The summed E-state index contributed by atoms with van der Waals surface area (Å²) in [7, 11) is 3.39. The van der Waals surface area contributed by atoms with Crippen LogP contribution in [0.1, 0.15) is 19.5 Å². The predicted molar refractivity (Wildman–Crippen MR) is 171 cm³/mol. The Labute approximate surface area is 256 Å². The van der Waals surface area contributed by atoms with Gasteiger partial charge in [-0.2, -0.15) is 0 Å². The molecule has 4 aromatic rings. The van der Waals surface area contributed by atoms with Gasteiger partial charge >= 0.3 is 6.09 Å². The van der Waals surface area contributed by atoms with Gasteiger partial charge in [0.2, 0.25) is 11.9 Å². The molecule has 0 aliphatic carbocycles. The van der Waals surface area contributed by atoms with Crippen LogP contribution in [0, 0.1) is 0 Å². The largest absolute Gasteiger partial charge is 0.494 e. The summed E-state index contributed by atoms with van der Waals surface area (Å²) in [5, 5.41) is 9.92. The van der Waals surface area contributed by atoms with Crippen LogP contribution in [-0.4, -0.2) is 66.5 Å². The zero-order valence-electron chi connectivity index (χ0n) is 25.3. The van der Waals surface area contributed by atoms with E-state index in [-0.39, 0.29) is 18.6 Å². The van der Waals surface area contributed by atoms with Crippen LogP contribution >= 0.6 is 0 Å². The first-order valence-electron chi connectivity index (χ1n) is 14.4. The number of hydrogen-bond acceptors (Lipinski definition) is 9. The number of rotatable bonds is 11. The van der Waals surface area contributed by atoms with Crippen molar-refractivity contribution in [2.75, 3.05) is 49.4 Å². The average Bonchev–Trinajstić information content (AvgIpc) is 3.35. The first kappa shape index (κ1) is 30.4. The summed E-state index contributed by atoms with van der Waals surface area (Å²) in [6.45, 7) is 9.73. The highest BCUT2D eigenvalue weighted by molar-refractivity contribution is 6.02. The summed E-state index contributed by atoms with van der Waals surface area (Å²) in [6, 6.07) is 13.7. The van der Waals surface area contributed by atoms with Gasteiger partial charge in [0.15, 0.2) is 0 Å². The second-order valence-corrected chi connectivity index (χ2v) is 10.6. The Morgan fingerprint density at radius 1 is 1.20 bits per heavy atom. The predicted octanol–water partition coefficient (Wildman–Crippen LogP) is 5.08. The van der Waals surface area contributed by atoms with Crippen molar-refractivity contribution in [2.24, 2.45) is 0 Å². The number of methoxy groups -OCH3 is 1. The van der Waals surface area contributed by atoms with Gasteiger partial charge in [0, 0.05) is 48.4 Å². The van der Waals surface area contributed by atoms with Crippen LogP contribution in [0.5, 0.6) is 5.75 Å². The number of carbonyl (C=O) groups excluding carboxylic acids is 2. The molecule has 2 aromatic heterocycles. The van der Waals surface area contributed by atoms with E-state index in [1.165, 1.54) is 6.08 Å². The molecule has 5 rings (SSSR count). The molecule has 1 aliphatic heterocycles. The fourth-order valence-electron chi connectivity index (χ4n) is 5.16. The molecule has 12 heteroatoms. The first-order valence-corrected chi connectivity index (χ1v) is 14.4. The minimum atomic E-state index is -0.491. The molecule has 0 fully saturated rings. The van der Waals surface area contributed by atoms with Gasteiger partial charge in [-0.3, -0.25) is 4.79 Å². The molecule has 0 unspecified atom stereocenters. The monoisotopic (exact) mass is 599 g/mol. The van der Waals surface area contributed by atoms with Crippen molar-refractivity contribution in [3.8, 4) is 17.0 Å². The summed E-state index contributed by atoms with van der Waals surface area (Å²) in [4.78, 5) is 35.5. The summed E-state index contributed by atoms with van der Waals surface area (Å²) < 4.78 is 19.1. The quantitative estimate of drug-likeness (QED) is 0.202. The van der Waals surface area contributed by atoms with Gasteiger partial charge in [-0.05, 0) is 38.1 Å². The second kappa shape index (κ2) is 13.5. The number of hydrogen-bond donors (Lipinski definition) is 3. The summed E-state index contributed by atoms with van der Waals surface area (Å²) in [5.74, 6) is 0.471. The molecule has 44 heavy (non-hydrogen) atoms. The molecule has 2 aromatic carbocycles. The first-order chi connectivity index (χ1) is 21.3. The third kappa shape index (κ3) is 6.60. The molecule has 0 saturated carbocycles. The van der Waals surface area contributed by atoms with E-state index in [2.05, 4.69) is 44.2 Å². The van der Waals surface area contributed by atoms with Gasteiger partial charge in [0.05, 0.1) is 55.3 Å². The van der Waals surface area contributed by atoms with Crippen molar-refractivity contribution in [3.05, 3.63) is 67.0 Å². The fourth-order valence-corrected chi connectivity index (χ4v) is 5.16. The van der Waals surface area contributed by atoms with Gasteiger partial charge in [-0.15, -0.1) is 0 Å². The highest BCUT2D eigenvalue weighted by Crippen LogP contribution is 2.39. The number of aromatic nitrogens is 3. The number of para-hydroxylation sites is 1. The molecule has 0 spiro atoms. The summed E-state index contributed by atoms with van der Waals surface area (Å²) >= 11 is 0. The van der Waals surface area contributed by atoms with Gasteiger partial charge in [-0.1, -0.05) is 24.8 Å². The van der Waals surface area contributed by atoms with E-state index >= 15 is 0 Å². The molecule has 0 radical (unpaired) electrons. The maximum absolute atomic E-state index is 12.4. The standard InChI is InChI=1S/C32H37N7O5/c1-6-29(40)35-23-17-24(28(42-5)18-26(23)38(4)13-16-44-32(41)34-20(2)3)37-31-33-12-11-22(36-31)30-21-9-7-8-10-25(21)39-14-15-43-19-27(30)39/h6-12,17-18,20H,1,13-16,19H2,2-5H3,(H,34,41)(H,35,40)(H,33,36,37). The molecule has 1 aliphatic rings. The molecule has 12 nitrogen and oxygen atoms in total. The number of benzene rings is 2. The normalized spacial score (nSPS) is 12.4. The molecule has 230 valence electrons. The van der Waals surface area contributed by atoms with Crippen LogP contribution in [0.2, 0.25) is 0 Å². The Hall–Kier alpha value is -5.10. The van der Waals surface area contributed by atoms with E-state index in [9.17, 15) is 9.59 Å². The number of anilines is 4. The molecule has 2 amide bonds. The average molecular weight is 600 g/mol. The van der Waals surface area contributed by atoms with Crippen LogP contribution in [0.25, 0.3) is 22.2 Å². The molecule has 0 saturated heterocycles. The third-order valence-electron chi connectivity index (χ3n) is 7.17. The Bertz CT molecular complexity index is 1680. The molecule has 3 heterocycles. The molecular formula is C32H37N7O5. The Morgan fingerprint density at radius 2 is 2.02 bits per heavy atom. The molecule has 3 N–H and O–H groups in total. The molecule has 0 atom stereocenters. The number of carbonyl (C=O) groups is 2. The number of likely N-dealkylation sites (N-methyl/N-ethyl adjacent to an activating group) is 1. The summed E-state index contributed by atoms with van der Waals surface area (Å²) in [6.07, 6.45) is 2.41. The summed E-state index contributed by atoms with van der Waals surface area (Å²) in [5.41, 5.74) is 5.68. The van der Waals surface area contributed by atoms with Crippen molar-refractivity contribution in [3.63, 3.8) is 0 Å². The van der Waals surface area contributed by atoms with Gasteiger partial charge < -0.3 is 39.6 Å². The number of alkyl carbamates (subject to hydrolysis) is 1. The van der Waals surface area contributed by atoms with Crippen molar-refractivity contribution in [1.29, 1.82) is 0 Å². The van der Waals surface area contributed by atoms with Gasteiger partial charge in [0.1, 0.15) is 12.4 Å². The number of ether oxygens (including phenoxy) is 3. The zero-order valence-corrected chi connectivity index (χ0v) is 25.3. The number of nitrogens with zero attached hydrogens (tertiary/aromatic N) is 4. The van der Waals surface area contributed by atoms with E-state index in [0.717, 1.165) is 34.4 Å². The minimum absolute atomic E-state index is 0.0304. The maximum atomic E-state index is 12.4. The highest BCUT2D eigenvalue weighted by Gasteiger charge is 2.23. The highest BCUT2D eigenvalue weighted by atomic mass is 16.5. The smallest absolute Gasteiger partial charge is 0.407 e. The van der Waals surface area contributed by atoms with Crippen LogP contribution in [-0.2, 0) is 27.4 Å². The van der Waals surface area contributed by atoms with Crippen LogP contribution in [0.3, 0.4) is 0 Å². The lowest BCUT2D eigenvalue weighted by Crippen LogP contribution is -2.33. The Morgan fingerprint density at radius 3 is 2.80 bits per heavy atom. The van der Waals surface area contributed by atoms with Gasteiger partial charge in [0.25, 0.3) is 0 Å². The van der Waals surface area contributed by atoms with E-state index in [1.807, 2.05) is 44.0 Å². The van der Waals surface area contributed by atoms with Crippen molar-refractivity contribution < 1.29 is 23.8 Å². The third-order valence-corrected chi connectivity index (χ3v) is 7.17. The van der Waals surface area contributed by atoms with Gasteiger partial charge in [-0.25, -0.2) is 14.8 Å². The maximum Gasteiger partial charge on any atom is 0.407 e. The second-order valence-electron chi connectivity index (χ2n) is 10.6. The van der Waals surface area contributed by atoms with E-state index in [0.29, 0.717) is 48.5 Å². The van der Waals surface area contributed by atoms with Crippen molar-refractivity contribution in [1.82, 2.24) is 19.9 Å². The number of nitrogens with one attached hydrogen (secondary N) is 3. The van der Waals surface area contributed by atoms with E-state index in [4.69, 9.17) is 19.2 Å². The SMILES string of the molecule is C=CC(=O)Nc1cc(Nc2nccc(-c3c4n(c5ccccc35)CCOC4)n2)c(OC)cc1N(C)CCOC(=O)NC(C)C. The van der Waals surface area contributed by atoms with E-state index in [1.54, 1.807) is 25.4 Å². The molecular weight excluding hydrogens is 562 g/mol. The lowest BCUT2D eigenvalue weighted by atomic mass is 10.1. The van der Waals surface area contributed by atoms with Crippen molar-refractivity contribution in [2.45, 2.75) is 33.0 Å². The lowest BCUT2D eigenvalue weighted by Gasteiger charge is -2.24. The Kier molecular flexibility index (Phi) is 9.29. The van der Waals surface area contributed by atoms with Crippen LogP contribution < -0.4 is 25.6 Å². The van der Waals surface area contributed by atoms with Crippen LogP contribution in [0.15, 0.2) is 61.3 Å². The minimum Gasteiger partial charge on any atom is -0.494 e. The topological polar surface area (TPSA) is 132 Å². The lowest BCUT2D eigenvalue weighted by molar-refractivity contribution is -0.111. The van der Waals surface area contributed by atoms with E-state index < -0.39 is 6.09 Å². The van der Waals surface area contributed by atoms with Crippen molar-refractivity contribution >= 4 is 45.9 Å². The Balaban J connectivity index is 1.45. The zero-order chi connectivity index (χ0) is 31.2. The number of amides is 2. The van der Waals surface area contributed by atoms with Crippen LogP contribution in [0.4, 0.5) is 27.8 Å². The fraction of sp³-hybridized carbons (Fsp3) is 0.312. The number of fused-ring (bicyclic) bond motifs is 3. The molecule has 0 bridgehead atoms.